The van der Waals surface area contributed by atoms with Crippen LogP contribution in [0.25, 0.3) is 0 Å². The first-order valence-electron chi connectivity index (χ1n) is 5.24. The lowest BCUT2D eigenvalue weighted by Crippen LogP contribution is -2.30. The third kappa shape index (κ3) is 2.77. The second-order valence-electron chi connectivity index (χ2n) is 4.14. The second kappa shape index (κ2) is 5.03. The van der Waals surface area contributed by atoms with Crippen molar-refractivity contribution in [2.75, 3.05) is 7.11 Å². The Kier molecular flexibility index (Phi) is 4.13. The molecule has 0 aromatic heterocycles. The van der Waals surface area contributed by atoms with Crippen molar-refractivity contribution in [3.63, 3.8) is 0 Å². The van der Waals surface area contributed by atoms with Gasteiger partial charge in [-0.25, -0.2) is 8.42 Å². The fraction of sp³-hybridized carbons (Fsp3) is 0.455. The first kappa shape index (κ1) is 14.0. The minimum atomic E-state index is -3.64. The number of hydrogen-bond donors (Lipinski definition) is 2. The van der Waals surface area contributed by atoms with E-state index in [1.807, 2.05) is 18.7 Å². The van der Waals surface area contributed by atoms with Crippen molar-refractivity contribution in [2.45, 2.75) is 31.6 Å². The Labute approximate surface area is 102 Å². The average Bonchev–Trinajstić information content (AvgIpc) is 2.27. The van der Waals surface area contributed by atoms with Crippen LogP contribution in [-0.2, 0) is 10.0 Å². The molecule has 0 spiro atoms. The summed E-state index contributed by atoms with van der Waals surface area (Å²) >= 11 is 0. The van der Waals surface area contributed by atoms with Gasteiger partial charge < -0.3 is 4.74 Å². The van der Waals surface area contributed by atoms with Gasteiger partial charge in [-0.1, -0.05) is 13.8 Å². The van der Waals surface area contributed by atoms with E-state index in [1.165, 1.54) is 0 Å². The van der Waals surface area contributed by atoms with E-state index in [9.17, 15) is 8.42 Å². The standard InChI is InChI=1S/C11H18N2O3S/c1-7(2)9-6-11(17(14,15)13-12)8(3)5-10(9)16-4/h5-7,13H,12H2,1-4H3. The van der Waals surface area contributed by atoms with E-state index in [1.54, 1.807) is 26.2 Å². The molecule has 1 rings (SSSR count). The summed E-state index contributed by atoms with van der Waals surface area (Å²) in [6.45, 7) is 5.65. The van der Waals surface area contributed by atoms with Gasteiger partial charge in [0, 0.05) is 0 Å². The highest BCUT2D eigenvalue weighted by Gasteiger charge is 2.19. The molecule has 0 amide bonds. The van der Waals surface area contributed by atoms with Gasteiger partial charge in [0.2, 0.25) is 0 Å². The number of rotatable bonds is 4. The Bertz CT molecular complexity index is 510. The normalized spacial score (nSPS) is 11.9. The summed E-state index contributed by atoms with van der Waals surface area (Å²) < 4.78 is 28.7. The van der Waals surface area contributed by atoms with Crippen molar-refractivity contribution in [3.05, 3.63) is 23.3 Å². The topological polar surface area (TPSA) is 81.4 Å². The molecule has 0 bridgehead atoms. The zero-order valence-corrected chi connectivity index (χ0v) is 11.3. The van der Waals surface area contributed by atoms with Crippen LogP contribution in [0.1, 0.15) is 30.9 Å². The smallest absolute Gasteiger partial charge is 0.253 e. The molecular formula is C11H18N2O3S. The van der Waals surface area contributed by atoms with Crippen LogP contribution in [0.5, 0.6) is 5.75 Å². The summed E-state index contributed by atoms with van der Waals surface area (Å²) in [5, 5.41) is 0. The minimum absolute atomic E-state index is 0.164. The molecule has 0 atom stereocenters. The molecular weight excluding hydrogens is 240 g/mol. The monoisotopic (exact) mass is 258 g/mol. The Morgan fingerprint density at radius 1 is 1.35 bits per heavy atom. The maximum atomic E-state index is 11.7. The largest absolute Gasteiger partial charge is 0.496 e. The summed E-state index contributed by atoms with van der Waals surface area (Å²) in [6, 6.07) is 3.31. The quantitative estimate of drug-likeness (QED) is 0.629. The maximum absolute atomic E-state index is 11.7. The molecule has 1 aromatic rings. The van der Waals surface area contributed by atoms with E-state index in [0.29, 0.717) is 11.3 Å². The molecule has 17 heavy (non-hydrogen) atoms. The van der Waals surface area contributed by atoms with Crippen LogP contribution in [0, 0.1) is 6.92 Å². The summed E-state index contributed by atoms with van der Waals surface area (Å²) in [7, 11) is -2.07. The Morgan fingerprint density at radius 3 is 2.35 bits per heavy atom. The van der Waals surface area contributed by atoms with Crippen LogP contribution in [0.3, 0.4) is 0 Å². The molecule has 0 fully saturated rings. The van der Waals surface area contributed by atoms with Crippen LogP contribution in [0.2, 0.25) is 0 Å². The second-order valence-corrected chi connectivity index (χ2v) is 5.82. The number of sulfonamides is 1. The number of ether oxygens (including phenoxy) is 1. The number of hydrogen-bond acceptors (Lipinski definition) is 4. The highest BCUT2D eigenvalue weighted by Crippen LogP contribution is 2.31. The molecule has 96 valence electrons. The first-order chi connectivity index (χ1) is 7.83. The Balaban J connectivity index is 3.50. The van der Waals surface area contributed by atoms with Gasteiger partial charge >= 0.3 is 0 Å². The fourth-order valence-corrected chi connectivity index (χ4v) is 2.55. The van der Waals surface area contributed by atoms with Crippen molar-refractivity contribution >= 4 is 10.0 Å². The first-order valence-corrected chi connectivity index (χ1v) is 6.72. The van der Waals surface area contributed by atoms with Crippen molar-refractivity contribution in [1.82, 2.24) is 4.83 Å². The molecule has 0 saturated heterocycles. The predicted octanol–water partition coefficient (Wildman–Crippen LogP) is 1.28. The van der Waals surface area contributed by atoms with Gasteiger partial charge in [-0.15, -0.1) is 0 Å². The Morgan fingerprint density at radius 2 is 1.94 bits per heavy atom. The van der Waals surface area contributed by atoms with Gasteiger partial charge in [-0.05, 0) is 36.1 Å². The summed E-state index contributed by atoms with van der Waals surface area (Å²) in [5.41, 5.74) is 1.44. The summed E-state index contributed by atoms with van der Waals surface area (Å²) in [4.78, 5) is 2.02. The zero-order valence-electron chi connectivity index (χ0n) is 10.4. The third-order valence-corrected chi connectivity index (χ3v) is 3.92. The van der Waals surface area contributed by atoms with E-state index < -0.39 is 10.0 Å². The Hall–Kier alpha value is -1.11. The minimum Gasteiger partial charge on any atom is -0.496 e. The number of nitrogens with two attached hydrogens (primary N) is 1. The molecule has 0 saturated carbocycles. The number of hydrazine groups is 1. The molecule has 6 heteroatoms. The SMILES string of the molecule is COc1cc(C)c(S(=O)(=O)NN)cc1C(C)C. The third-order valence-electron chi connectivity index (χ3n) is 2.59. The molecule has 1 aromatic carbocycles. The van der Waals surface area contributed by atoms with Crippen LogP contribution >= 0.6 is 0 Å². The zero-order chi connectivity index (χ0) is 13.2. The predicted molar refractivity (Wildman–Crippen MR) is 66.3 cm³/mol. The molecule has 0 aliphatic heterocycles. The van der Waals surface area contributed by atoms with E-state index in [-0.39, 0.29) is 10.8 Å². The number of methoxy groups -OCH3 is 1. The molecule has 5 nitrogen and oxygen atoms in total. The van der Waals surface area contributed by atoms with Crippen LogP contribution in [0.15, 0.2) is 17.0 Å². The van der Waals surface area contributed by atoms with Crippen molar-refractivity contribution in [2.24, 2.45) is 5.84 Å². The van der Waals surface area contributed by atoms with E-state index in [2.05, 4.69) is 0 Å². The van der Waals surface area contributed by atoms with Crippen molar-refractivity contribution < 1.29 is 13.2 Å². The van der Waals surface area contributed by atoms with E-state index in [0.717, 1.165) is 5.56 Å². The van der Waals surface area contributed by atoms with Crippen LogP contribution in [-0.4, -0.2) is 15.5 Å². The van der Waals surface area contributed by atoms with Gasteiger partial charge in [-0.2, -0.15) is 4.83 Å². The van der Waals surface area contributed by atoms with Gasteiger partial charge in [0.15, 0.2) is 0 Å². The lowest BCUT2D eigenvalue weighted by Gasteiger charge is -2.15. The number of aryl methyl sites for hydroxylation is 1. The fourth-order valence-electron chi connectivity index (χ4n) is 1.66. The average molecular weight is 258 g/mol. The molecule has 0 heterocycles. The molecule has 3 N–H and O–H groups in total. The van der Waals surface area contributed by atoms with Crippen LogP contribution in [0.4, 0.5) is 0 Å². The number of benzene rings is 1. The van der Waals surface area contributed by atoms with Gasteiger partial charge in [-0.3, -0.25) is 5.84 Å². The highest BCUT2D eigenvalue weighted by molar-refractivity contribution is 7.89. The maximum Gasteiger partial charge on any atom is 0.253 e. The van der Waals surface area contributed by atoms with Gasteiger partial charge in [0.1, 0.15) is 5.75 Å². The van der Waals surface area contributed by atoms with E-state index in [4.69, 9.17) is 10.6 Å². The molecule has 0 aliphatic rings. The molecule has 0 unspecified atom stereocenters. The number of nitrogens with one attached hydrogen (secondary N) is 1. The van der Waals surface area contributed by atoms with Gasteiger partial charge in [0.05, 0.1) is 12.0 Å². The highest BCUT2D eigenvalue weighted by atomic mass is 32.2. The van der Waals surface area contributed by atoms with Crippen molar-refractivity contribution in [1.29, 1.82) is 0 Å². The lowest BCUT2D eigenvalue weighted by molar-refractivity contribution is 0.406. The van der Waals surface area contributed by atoms with Crippen LogP contribution < -0.4 is 15.4 Å². The van der Waals surface area contributed by atoms with Crippen molar-refractivity contribution in [3.8, 4) is 5.75 Å². The summed E-state index contributed by atoms with van der Waals surface area (Å²) in [5.74, 6) is 5.89. The van der Waals surface area contributed by atoms with E-state index >= 15 is 0 Å². The van der Waals surface area contributed by atoms with Gasteiger partial charge in [0.25, 0.3) is 10.0 Å². The summed E-state index contributed by atoms with van der Waals surface area (Å²) in [6.07, 6.45) is 0. The molecule has 0 radical (unpaired) electrons. The molecule has 0 aliphatic carbocycles. The lowest BCUT2D eigenvalue weighted by atomic mass is 10.0.